The van der Waals surface area contributed by atoms with Crippen LogP contribution in [0, 0.1) is 17.0 Å². The van der Waals surface area contributed by atoms with Crippen molar-refractivity contribution in [3.05, 3.63) is 74.8 Å². The molecule has 126 valence electrons. The molecule has 25 heavy (non-hydrogen) atoms. The molecule has 0 aliphatic heterocycles. The van der Waals surface area contributed by atoms with Gasteiger partial charge in [-0.25, -0.2) is 4.98 Å². The summed E-state index contributed by atoms with van der Waals surface area (Å²) in [6.07, 6.45) is 1.21. The second-order valence-corrected chi connectivity index (χ2v) is 5.55. The number of nitro benzene ring substituents is 1. The van der Waals surface area contributed by atoms with E-state index in [0.29, 0.717) is 5.69 Å². The predicted molar refractivity (Wildman–Crippen MR) is 92.5 cm³/mol. The van der Waals surface area contributed by atoms with Crippen LogP contribution in [-0.4, -0.2) is 20.4 Å². The van der Waals surface area contributed by atoms with Crippen molar-refractivity contribution in [3.63, 3.8) is 0 Å². The van der Waals surface area contributed by atoms with Crippen LogP contribution < -0.4 is 10.9 Å². The molecule has 1 aromatic heterocycles. The van der Waals surface area contributed by atoms with Gasteiger partial charge < -0.3 is 5.32 Å². The molecule has 0 spiro atoms. The maximum atomic E-state index is 12.4. The molecule has 0 saturated carbocycles. The normalized spacial score (nSPS) is 10.6. The van der Waals surface area contributed by atoms with Gasteiger partial charge in [0.05, 0.1) is 22.2 Å². The number of anilines is 1. The van der Waals surface area contributed by atoms with Crippen LogP contribution in [-0.2, 0) is 11.3 Å². The standard InChI is InChI=1S/C17H14N4O4/c1-11-3-2-4-12(7-11)19-16(22)9-20-10-18-15-8-13(21(24)25)5-6-14(15)17(20)23/h2-8,10H,9H2,1H3,(H,19,22). The van der Waals surface area contributed by atoms with Crippen molar-refractivity contribution < 1.29 is 9.72 Å². The number of non-ortho nitro benzene ring substituents is 1. The number of hydrogen-bond donors (Lipinski definition) is 1. The number of fused-ring (bicyclic) bond motifs is 1. The molecular formula is C17H14N4O4. The third-order valence-corrected chi connectivity index (χ3v) is 3.64. The topological polar surface area (TPSA) is 107 Å². The lowest BCUT2D eigenvalue weighted by Crippen LogP contribution is -2.27. The highest BCUT2D eigenvalue weighted by molar-refractivity contribution is 5.90. The van der Waals surface area contributed by atoms with E-state index < -0.39 is 10.5 Å². The summed E-state index contributed by atoms with van der Waals surface area (Å²) in [7, 11) is 0. The van der Waals surface area contributed by atoms with Crippen molar-refractivity contribution in [2.24, 2.45) is 0 Å². The van der Waals surface area contributed by atoms with Crippen LogP contribution in [0.25, 0.3) is 10.9 Å². The lowest BCUT2D eigenvalue weighted by Gasteiger charge is -2.08. The molecule has 8 nitrogen and oxygen atoms in total. The van der Waals surface area contributed by atoms with Crippen LogP contribution in [0.15, 0.2) is 53.6 Å². The number of nitro groups is 1. The second-order valence-electron chi connectivity index (χ2n) is 5.55. The molecule has 1 N–H and O–H groups in total. The maximum absolute atomic E-state index is 12.4. The molecule has 0 unspecified atom stereocenters. The fourth-order valence-electron chi connectivity index (χ4n) is 2.45. The summed E-state index contributed by atoms with van der Waals surface area (Å²) in [5.41, 5.74) is 1.29. The molecular weight excluding hydrogens is 324 g/mol. The summed E-state index contributed by atoms with van der Waals surface area (Å²) < 4.78 is 1.17. The first-order valence-electron chi connectivity index (χ1n) is 7.44. The van der Waals surface area contributed by atoms with Gasteiger partial charge in [0.25, 0.3) is 11.2 Å². The minimum Gasteiger partial charge on any atom is -0.325 e. The van der Waals surface area contributed by atoms with Crippen molar-refractivity contribution in [1.29, 1.82) is 0 Å². The molecule has 0 atom stereocenters. The number of aryl methyl sites for hydroxylation is 1. The zero-order valence-electron chi connectivity index (χ0n) is 13.3. The highest BCUT2D eigenvalue weighted by Crippen LogP contribution is 2.16. The van der Waals surface area contributed by atoms with E-state index in [1.165, 1.54) is 29.1 Å². The highest BCUT2D eigenvalue weighted by Gasteiger charge is 2.12. The van der Waals surface area contributed by atoms with E-state index in [1.54, 1.807) is 6.07 Å². The number of rotatable bonds is 4. The number of aromatic nitrogens is 2. The monoisotopic (exact) mass is 338 g/mol. The SMILES string of the molecule is Cc1cccc(NC(=O)Cn2cnc3cc([N+](=O)[O-])ccc3c2=O)c1. The first-order chi connectivity index (χ1) is 11.9. The number of amides is 1. The predicted octanol–water partition coefficient (Wildman–Crippen LogP) is 2.25. The largest absolute Gasteiger partial charge is 0.325 e. The summed E-state index contributed by atoms with van der Waals surface area (Å²) >= 11 is 0. The Hall–Kier alpha value is -3.55. The minimum atomic E-state index is -0.554. The Balaban J connectivity index is 1.85. The number of nitrogens with one attached hydrogen (secondary N) is 1. The molecule has 0 bridgehead atoms. The highest BCUT2D eigenvalue weighted by atomic mass is 16.6. The molecule has 2 aromatic carbocycles. The van der Waals surface area contributed by atoms with Crippen LogP contribution in [0.1, 0.15) is 5.56 Å². The van der Waals surface area contributed by atoms with E-state index in [2.05, 4.69) is 10.3 Å². The van der Waals surface area contributed by atoms with Gasteiger partial charge in [0.2, 0.25) is 5.91 Å². The van der Waals surface area contributed by atoms with Gasteiger partial charge in [-0.15, -0.1) is 0 Å². The van der Waals surface area contributed by atoms with Gasteiger partial charge in [0.15, 0.2) is 0 Å². The van der Waals surface area contributed by atoms with Crippen molar-refractivity contribution in [1.82, 2.24) is 9.55 Å². The zero-order chi connectivity index (χ0) is 18.0. The van der Waals surface area contributed by atoms with E-state index in [-0.39, 0.29) is 29.0 Å². The Morgan fingerprint density at radius 1 is 1.28 bits per heavy atom. The fourth-order valence-corrected chi connectivity index (χ4v) is 2.45. The van der Waals surface area contributed by atoms with Gasteiger partial charge in [-0.2, -0.15) is 0 Å². The number of nitrogens with zero attached hydrogens (tertiary/aromatic N) is 3. The first kappa shape index (κ1) is 16.3. The molecule has 1 amide bonds. The van der Waals surface area contributed by atoms with Crippen molar-refractivity contribution in [2.75, 3.05) is 5.32 Å². The molecule has 8 heteroatoms. The third-order valence-electron chi connectivity index (χ3n) is 3.64. The van der Waals surface area contributed by atoms with Gasteiger partial charge >= 0.3 is 0 Å². The third kappa shape index (κ3) is 3.52. The molecule has 1 heterocycles. The van der Waals surface area contributed by atoms with Gasteiger partial charge in [-0.05, 0) is 30.7 Å². The summed E-state index contributed by atoms with van der Waals surface area (Å²) in [6, 6.07) is 11.1. The summed E-state index contributed by atoms with van der Waals surface area (Å²) in [4.78, 5) is 38.8. The number of benzene rings is 2. The zero-order valence-corrected chi connectivity index (χ0v) is 13.3. The maximum Gasteiger partial charge on any atom is 0.271 e. The lowest BCUT2D eigenvalue weighted by atomic mass is 10.2. The Kier molecular flexibility index (Phi) is 4.25. The Morgan fingerprint density at radius 2 is 2.08 bits per heavy atom. The van der Waals surface area contributed by atoms with E-state index in [9.17, 15) is 19.7 Å². The van der Waals surface area contributed by atoms with Gasteiger partial charge in [-0.1, -0.05) is 12.1 Å². The van der Waals surface area contributed by atoms with Crippen molar-refractivity contribution in [3.8, 4) is 0 Å². The molecule has 0 radical (unpaired) electrons. The van der Waals surface area contributed by atoms with Gasteiger partial charge in [0, 0.05) is 17.8 Å². The summed E-state index contributed by atoms with van der Waals surface area (Å²) in [5, 5.41) is 13.7. The Labute approximate surface area is 141 Å². The number of carbonyl (C=O) groups excluding carboxylic acids is 1. The smallest absolute Gasteiger partial charge is 0.271 e. The minimum absolute atomic E-state index is 0.144. The van der Waals surface area contributed by atoms with Crippen molar-refractivity contribution in [2.45, 2.75) is 13.5 Å². The summed E-state index contributed by atoms with van der Waals surface area (Å²) in [6.45, 7) is 1.71. The van der Waals surface area contributed by atoms with Crippen LogP contribution in [0.5, 0.6) is 0 Å². The van der Waals surface area contributed by atoms with Crippen LogP contribution in [0.2, 0.25) is 0 Å². The number of carbonyl (C=O) groups is 1. The molecule has 0 aliphatic carbocycles. The van der Waals surface area contributed by atoms with Crippen LogP contribution in [0.4, 0.5) is 11.4 Å². The van der Waals surface area contributed by atoms with E-state index >= 15 is 0 Å². The number of hydrogen-bond acceptors (Lipinski definition) is 5. The van der Waals surface area contributed by atoms with E-state index in [1.807, 2.05) is 25.1 Å². The second kappa shape index (κ2) is 6.52. The fraction of sp³-hybridized carbons (Fsp3) is 0.118. The molecule has 3 rings (SSSR count). The Bertz CT molecular complexity index is 1040. The van der Waals surface area contributed by atoms with Crippen LogP contribution >= 0.6 is 0 Å². The summed E-state index contributed by atoms with van der Waals surface area (Å²) in [5.74, 6) is -0.365. The average Bonchev–Trinajstić information content (AvgIpc) is 2.57. The molecule has 3 aromatic rings. The van der Waals surface area contributed by atoms with E-state index in [0.717, 1.165) is 5.56 Å². The van der Waals surface area contributed by atoms with E-state index in [4.69, 9.17) is 0 Å². The lowest BCUT2D eigenvalue weighted by molar-refractivity contribution is -0.384. The van der Waals surface area contributed by atoms with Gasteiger partial charge in [-0.3, -0.25) is 24.3 Å². The molecule has 0 aliphatic rings. The van der Waals surface area contributed by atoms with Crippen molar-refractivity contribution >= 4 is 28.2 Å². The quantitative estimate of drug-likeness (QED) is 0.580. The average molecular weight is 338 g/mol. The first-order valence-corrected chi connectivity index (χ1v) is 7.44. The molecule has 0 fully saturated rings. The van der Waals surface area contributed by atoms with Crippen LogP contribution in [0.3, 0.4) is 0 Å². The molecule has 0 saturated heterocycles. The van der Waals surface area contributed by atoms with Gasteiger partial charge in [0.1, 0.15) is 6.54 Å². The Morgan fingerprint density at radius 3 is 2.80 bits per heavy atom.